The molecule has 1 aliphatic rings. The predicted octanol–water partition coefficient (Wildman–Crippen LogP) is 1.32. The van der Waals surface area contributed by atoms with E-state index >= 15 is 0 Å². The zero-order valence-corrected chi connectivity index (χ0v) is 11.5. The summed E-state index contributed by atoms with van der Waals surface area (Å²) < 4.78 is 5.27. The Balaban J connectivity index is 1.82. The third-order valence-electron chi connectivity index (χ3n) is 3.53. The zero-order valence-electron chi connectivity index (χ0n) is 11.5. The number of hydrogen-bond donors (Lipinski definition) is 1. The molecule has 20 heavy (non-hydrogen) atoms. The average molecular weight is 277 g/mol. The molecule has 1 heterocycles. The summed E-state index contributed by atoms with van der Waals surface area (Å²) in [5.74, 6) is -1.13. The van der Waals surface area contributed by atoms with Gasteiger partial charge in [0.05, 0.1) is 0 Å². The number of benzene rings is 1. The third-order valence-corrected chi connectivity index (χ3v) is 3.53. The lowest BCUT2D eigenvalue weighted by Crippen LogP contribution is -2.38. The van der Waals surface area contributed by atoms with E-state index in [0.717, 1.165) is 6.42 Å². The number of carbonyl (C=O) groups excluding carboxylic acids is 1. The van der Waals surface area contributed by atoms with Gasteiger partial charge in [-0.2, -0.15) is 0 Å². The number of carbonyl (C=O) groups is 2. The Hall–Kier alpha value is -1.88. The summed E-state index contributed by atoms with van der Waals surface area (Å²) in [4.78, 5) is 24.6. The molecule has 2 atom stereocenters. The van der Waals surface area contributed by atoms with Gasteiger partial charge >= 0.3 is 5.97 Å². The monoisotopic (exact) mass is 277 g/mol. The lowest BCUT2D eigenvalue weighted by Gasteiger charge is -2.21. The van der Waals surface area contributed by atoms with Gasteiger partial charge < -0.3 is 14.7 Å². The highest BCUT2D eigenvalue weighted by Crippen LogP contribution is 2.21. The van der Waals surface area contributed by atoms with Crippen molar-refractivity contribution in [2.45, 2.75) is 31.5 Å². The Labute approximate surface area is 118 Å². The van der Waals surface area contributed by atoms with E-state index in [4.69, 9.17) is 9.84 Å². The smallest absolute Gasteiger partial charge is 0.332 e. The van der Waals surface area contributed by atoms with E-state index in [1.807, 2.05) is 30.3 Å². The van der Waals surface area contributed by atoms with Crippen LogP contribution < -0.4 is 0 Å². The maximum atomic E-state index is 12.1. The second-order valence-corrected chi connectivity index (χ2v) is 5.02. The highest BCUT2D eigenvalue weighted by atomic mass is 16.5. The molecular formula is C15H19NO4. The van der Waals surface area contributed by atoms with Crippen LogP contribution >= 0.6 is 0 Å². The van der Waals surface area contributed by atoms with Crippen molar-refractivity contribution in [3.63, 3.8) is 0 Å². The van der Waals surface area contributed by atoms with Gasteiger partial charge in [0, 0.05) is 13.6 Å². The van der Waals surface area contributed by atoms with E-state index in [-0.39, 0.29) is 5.91 Å². The Morgan fingerprint density at radius 1 is 1.25 bits per heavy atom. The molecule has 1 fully saturated rings. The summed E-state index contributed by atoms with van der Waals surface area (Å²) in [6, 6.07) is 9.93. The molecule has 1 saturated heterocycles. The zero-order chi connectivity index (χ0) is 14.5. The molecule has 1 amide bonds. The first-order valence-corrected chi connectivity index (χ1v) is 6.75. The second-order valence-electron chi connectivity index (χ2n) is 5.02. The molecule has 2 rings (SSSR count). The van der Waals surface area contributed by atoms with E-state index in [2.05, 4.69) is 0 Å². The Morgan fingerprint density at radius 3 is 2.50 bits per heavy atom. The standard InChI is InChI=1S/C15H19NO4/c1-16(10-9-11-5-3-2-4-6-11)14(17)12-7-8-13(20-12)15(18)19/h2-6,12-13H,7-10H2,1H3,(H,18,19). The number of ether oxygens (including phenoxy) is 1. The van der Waals surface area contributed by atoms with Gasteiger partial charge in [-0.15, -0.1) is 0 Å². The van der Waals surface area contributed by atoms with Gasteiger partial charge in [0.15, 0.2) is 6.10 Å². The molecule has 0 radical (unpaired) electrons. The molecule has 0 bridgehead atoms. The first kappa shape index (κ1) is 14.5. The van der Waals surface area contributed by atoms with Gasteiger partial charge in [0.2, 0.25) is 0 Å². The molecule has 1 aromatic rings. The van der Waals surface area contributed by atoms with Crippen molar-refractivity contribution in [2.75, 3.05) is 13.6 Å². The topological polar surface area (TPSA) is 66.8 Å². The molecule has 1 aromatic carbocycles. The SMILES string of the molecule is CN(CCc1ccccc1)C(=O)C1CCC(C(=O)O)O1. The largest absolute Gasteiger partial charge is 0.479 e. The fourth-order valence-corrected chi connectivity index (χ4v) is 2.30. The van der Waals surface area contributed by atoms with Gasteiger partial charge in [0.25, 0.3) is 5.91 Å². The van der Waals surface area contributed by atoms with Gasteiger partial charge in [-0.1, -0.05) is 30.3 Å². The second kappa shape index (κ2) is 6.52. The molecule has 1 aliphatic heterocycles. The average Bonchev–Trinajstić information content (AvgIpc) is 2.95. The van der Waals surface area contributed by atoms with E-state index in [1.54, 1.807) is 11.9 Å². The van der Waals surface area contributed by atoms with Crippen LogP contribution in [0.3, 0.4) is 0 Å². The normalized spacial score (nSPS) is 21.6. The van der Waals surface area contributed by atoms with Crippen molar-refractivity contribution >= 4 is 11.9 Å². The lowest BCUT2D eigenvalue weighted by molar-refractivity contribution is -0.154. The van der Waals surface area contributed by atoms with Crippen LogP contribution in [0, 0.1) is 0 Å². The summed E-state index contributed by atoms with van der Waals surface area (Å²) in [6.45, 7) is 0.598. The van der Waals surface area contributed by atoms with E-state index in [1.165, 1.54) is 5.56 Å². The maximum absolute atomic E-state index is 12.1. The molecule has 0 saturated carbocycles. The number of aliphatic carboxylic acids is 1. The lowest BCUT2D eigenvalue weighted by atomic mass is 10.1. The highest BCUT2D eigenvalue weighted by molar-refractivity contribution is 5.82. The summed E-state index contributed by atoms with van der Waals surface area (Å²) in [5.41, 5.74) is 1.17. The fraction of sp³-hybridized carbons (Fsp3) is 0.467. The summed E-state index contributed by atoms with van der Waals surface area (Å²) in [6.07, 6.45) is 0.199. The van der Waals surface area contributed by atoms with Crippen LogP contribution in [0.4, 0.5) is 0 Å². The van der Waals surface area contributed by atoms with Gasteiger partial charge in [-0.05, 0) is 24.8 Å². The van der Waals surface area contributed by atoms with E-state index < -0.39 is 18.2 Å². The van der Waals surface area contributed by atoms with Gasteiger partial charge in [0.1, 0.15) is 6.10 Å². The number of nitrogens with zero attached hydrogens (tertiary/aromatic N) is 1. The number of rotatable bonds is 5. The van der Waals surface area contributed by atoms with Crippen molar-refractivity contribution < 1.29 is 19.4 Å². The Kier molecular flexibility index (Phi) is 4.74. The highest BCUT2D eigenvalue weighted by Gasteiger charge is 2.35. The molecule has 2 unspecified atom stereocenters. The molecule has 0 spiro atoms. The molecule has 0 aromatic heterocycles. The van der Waals surface area contributed by atoms with Crippen LogP contribution in [0.5, 0.6) is 0 Å². The van der Waals surface area contributed by atoms with Crippen LogP contribution in [0.25, 0.3) is 0 Å². The van der Waals surface area contributed by atoms with Crippen LogP contribution in [-0.4, -0.2) is 47.7 Å². The molecule has 5 heteroatoms. The third kappa shape index (κ3) is 3.57. The minimum Gasteiger partial charge on any atom is -0.479 e. The van der Waals surface area contributed by atoms with E-state index in [0.29, 0.717) is 19.4 Å². The minimum atomic E-state index is -0.993. The molecule has 108 valence electrons. The number of likely N-dealkylation sites (N-methyl/N-ethyl adjacent to an activating group) is 1. The fourth-order valence-electron chi connectivity index (χ4n) is 2.30. The molecule has 5 nitrogen and oxygen atoms in total. The van der Waals surface area contributed by atoms with E-state index in [9.17, 15) is 9.59 Å². The van der Waals surface area contributed by atoms with Crippen molar-refractivity contribution in [1.29, 1.82) is 0 Å². The van der Waals surface area contributed by atoms with Crippen molar-refractivity contribution in [2.24, 2.45) is 0 Å². The summed E-state index contributed by atoms with van der Waals surface area (Å²) in [7, 11) is 1.72. The number of carboxylic acids is 1. The summed E-state index contributed by atoms with van der Waals surface area (Å²) >= 11 is 0. The Bertz CT molecular complexity index is 474. The first-order chi connectivity index (χ1) is 9.58. The van der Waals surface area contributed by atoms with Crippen LogP contribution in [0.1, 0.15) is 18.4 Å². The van der Waals surface area contributed by atoms with Crippen molar-refractivity contribution in [3.05, 3.63) is 35.9 Å². The number of hydrogen-bond acceptors (Lipinski definition) is 3. The number of carboxylic acid groups (broad SMARTS) is 1. The summed E-state index contributed by atoms with van der Waals surface area (Å²) in [5, 5.41) is 8.85. The quantitative estimate of drug-likeness (QED) is 0.881. The van der Waals surface area contributed by atoms with Crippen LogP contribution in [0.2, 0.25) is 0 Å². The van der Waals surface area contributed by atoms with Crippen molar-refractivity contribution in [3.8, 4) is 0 Å². The predicted molar refractivity (Wildman–Crippen MR) is 73.3 cm³/mol. The molecule has 1 N–H and O–H groups in total. The first-order valence-electron chi connectivity index (χ1n) is 6.75. The van der Waals surface area contributed by atoms with Crippen LogP contribution in [-0.2, 0) is 20.7 Å². The minimum absolute atomic E-state index is 0.135. The van der Waals surface area contributed by atoms with Gasteiger partial charge in [-0.25, -0.2) is 4.79 Å². The molecular weight excluding hydrogens is 258 g/mol. The Morgan fingerprint density at radius 2 is 1.90 bits per heavy atom. The van der Waals surface area contributed by atoms with Crippen molar-refractivity contribution in [1.82, 2.24) is 4.90 Å². The van der Waals surface area contributed by atoms with Crippen LogP contribution in [0.15, 0.2) is 30.3 Å². The molecule has 0 aliphatic carbocycles. The number of amides is 1. The maximum Gasteiger partial charge on any atom is 0.332 e. The van der Waals surface area contributed by atoms with Gasteiger partial charge in [-0.3, -0.25) is 4.79 Å².